The quantitative estimate of drug-likeness (QED) is 0.499. The summed E-state index contributed by atoms with van der Waals surface area (Å²) in [6.07, 6.45) is 6.69. The Hall–Kier alpha value is 0.180. The van der Waals surface area contributed by atoms with Crippen molar-refractivity contribution in [2.24, 2.45) is 16.7 Å². The summed E-state index contributed by atoms with van der Waals surface area (Å²) in [6.45, 7) is 7.19. The predicted molar refractivity (Wildman–Crippen MR) is 95.5 cm³/mol. The van der Waals surface area contributed by atoms with Gasteiger partial charge in [-0.3, -0.25) is 0 Å². The van der Waals surface area contributed by atoms with Crippen LogP contribution >= 0.6 is 31.9 Å². The highest BCUT2D eigenvalue weighted by molar-refractivity contribution is 9.10. The lowest BCUT2D eigenvalue weighted by atomic mass is 9.63. The van der Waals surface area contributed by atoms with E-state index in [0.29, 0.717) is 10.8 Å². The summed E-state index contributed by atoms with van der Waals surface area (Å²) in [5.74, 6) is 0.889. The van der Waals surface area contributed by atoms with Crippen molar-refractivity contribution in [2.45, 2.75) is 52.9 Å². The third-order valence-electron chi connectivity index (χ3n) is 5.05. The molecule has 0 aliphatic heterocycles. The molecule has 0 nitrogen and oxygen atoms in total. The maximum absolute atomic E-state index is 3.80. The molecule has 1 aliphatic rings. The Kier molecular flexibility index (Phi) is 5.40. The maximum Gasteiger partial charge on any atom is 0.0175 e. The van der Waals surface area contributed by atoms with E-state index in [9.17, 15) is 0 Å². The fourth-order valence-electron chi connectivity index (χ4n) is 3.49. The molecule has 0 heterocycles. The van der Waals surface area contributed by atoms with Gasteiger partial charge in [0.15, 0.2) is 0 Å². The van der Waals surface area contributed by atoms with E-state index in [1.807, 2.05) is 0 Å². The predicted octanol–water partition coefficient (Wildman–Crippen LogP) is 6.61. The molecule has 0 radical (unpaired) electrons. The van der Waals surface area contributed by atoms with Crippen LogP contribution in [0.3, 0.4) is 0 Å². The van der Waals surface area contributed by atoms with Crippen LogP contribution in [0.1, 0.15) is 52.0 Å². The Bertz CT molecular complexity index is 420. The van der Waals surface area contributed by atoms with Crippen molar-refractivity contribution in [3.63, 3.8) is 0 Å². The summed E-state index contributed by atoms with van der Waals surface area (Å²) in [5, 5.41) is 1.13. The fraction of sp³-hybridized carbons (Fsp3) is 0.667. The molecule has 20 heavy (non-hydrogen) atoms. The Labute approximate surface area is 141 Å². The van der Waals surface area contributed by atoms with Gasteiger partial charge in [0, 0.05) is 9.80 Å². The van der Waals surface area contributed by atoms with Gasteiger partial charge in [-0.2, -0.15) is 0 Å². The number of alkyl halides is 1. The van der Waals surface area contributed by atoms with Gasteiger partial charge in [0.25, 0.3) is 0 Å². The fourth-order valence-corrected chi connectivity index (χ4v) is 4.51. The first-order valence-corrected chi connectivity index (χ1v) is 9.57. The van der Waals surface area contributed by atoms with Crippen LogP contribution in [-0.2, 0) is 6.42 Å². The van der Waals surface area contributed by atoms with E-state index in [-0.39, 0.29) is 0 Å². The molecule has 1 fully saturated rings. The first kappa shape index (κ1) is 16.5. The molecule has 0 spiro atoms. The monoisotopic (exact) mass is 400 g/mol. The van der Waals surface area contributed by atoms with Crippen molar-refractivity contribution >= 4 is 31.9 Å². The molecule has 0 N–H and O–H groups in total. The second kappa shape index (κ2) is 6.52. The SMILES string of the molecule is CC(C)(C)C1CCC(CBr)(Cc2ccc(Br)cc2)CC1. The van der Waals surface area contributed by atoms with Gasteiger partial charge in [-0.25, -0.2) is 0 Å². The standard InChI is InChI=1S/C18H26Br2/c1-17(2,3)15-8-10-18(13-19,11-9-15)12-14-4-6-16(20)7-5-14/h4-7,15H,8-13H2,1-3H3. The molecule has 1 aliphatic carbocycles. The number of benzene rings is 1. The smallest absolute Gasteiger partial charge is 0.0175 e. The van der Waals surface area contributed by atoms with Crippen molar-refractivity contribution < 1.29 is 0 Å². The third-order valence-corrected chi connectivity index (χ3v) is 6.77. The second-order valence-electron chi connectivity index (χ2n) is 7.58. The van der Waals surface area contributed by atoms with Gasteiger partial charge < -0.3 is 0 Å². The molecular formula is C18H26Br2. The van der Waals surface area contributed by atoms with Crippen molar-refractivity contribution in [1.82, 2.24) is 0 Å². The highest BCUT2D eigenvalue weighted by Gasteiger charge is 2.38. The Morgan fingerprint density at radius 2 is 1.65 bits per heavy atom. The normalized spacial score (nSPS) is 27.6. The van der Waals surface area contributed by atoms with E-state index in [2.05, 4.69) is 76.9 Å². The zero-order valence-corrected chi connectivity index (χ0v) is 16.1. The molecule has 0 atom stereocenters. The molecule has 1 saturated carbocycles. The lowest BCUT2D eigenvalue weighted by Gasteiger charge is -2.43. The molecule has 0 unspecified atom stereocenters. The van der Waals surface area contributed by atoms with Crippen LogP contribution in [0.15, 0.2) is 28.7 Å². The van der Waals surface area contributed by atoms with Gasteiger partial charge in [0.1, 0.15) is 0 Å². The summed E-state index contributed by atoms with van der Waals surface area (Å²) >= 11 is 7.32. The van der Waals surface area contributed by atoms with Gasteiger partial charge in [0.05, 0.1) is 0 Å². The van der Waals surface area contributed by atoms with Gasteiger partial charge in [0.2, 0.25) is 0 Å². The van der Waals surface area contributed by atoms with E-state index in [1.54, 1.807) is 0 Å². The molecular weight excluding hydrogens is 376 g/mol. The van der Waals surface area contributed by atoms with E-state index in [1.165, 1.54) is 42.1 Å². The van der Waals surface area contributed by atoms with Crippen molar-refractivity contribution in [3.8, 4) is 0 Å². The van der Waals surface area contributed by atoms with E-state index in [4.69, 9.17) is 0 Å². The lowest BCUT2D eigenvalue weighted by molar-refractivity contribution is 0.103. The molecule has 0 amide bonds. The molecule has 112 valence electrons. The molecule has 1 aromatic carbocycles. The maximum atomic E-state index is 3.80. The van der Waals surface area contributed by atoms with Gasteiger partial charge in [-0.1, -0.05) is 64.8 Å². The van der Waals surface area contributed by atoms with Crippen molar-refractivity contribution in [3.05, 3.63) is 34.3 Å². The number of hydrogen-bond donors (Lipinski definition) is 0. The minimum atomic E-state index is 0.468. The van der Waals surface area contributed by atoms with Crippen LogP contribution in [0.4, 0.5) is 0 Å². The van der Waals surface area contributed by atoms with Crippen molar-refractivity contribution in [1.29, 1.82) is 0 Å². The average molecular weight is 402 g/mol. The first-order chi connectivity index (χ1) is 9.35. The summed E-state index contributed by atoms with van der Waals surface area (Å²) in [4.78, 5) is 0. The average Bonchev–Trinajstić information content (AvgIpc) is 2.41. The molecule has 0 saturated heterocycles. The molecule has 2 heteroatoms. The minimum Gasteiger partial charge on any atom is -0.0922 e. The highest BCUT2D eigenvalue weighted by Crippen LogP contribution is 2.47. The van der Waals surface area contributed by atoms with Gasteiger partial charge in [-0.05, 0) is 66.5 Å². The van der Waals surface area contributed by atoms with Crippen molar-refractivity contribution in [2.75, 3.05) is 5.33 Å². The van der Waals surface area contributed by atoms with Crippen LogP contribution in [0, 0.1) is 16.7 Å². The Morgan fingerprint density at radius 1 is 1.10 bits per heavy atom. The van der Waals surface area contributed by atoms with Gasteiger partial charge in [-0.15, -0.1) is 0 Å². The zero-order valence-electron chi connectivity index (χ0n) is 12.9. The van der Waals surface area contributed by atoms with Crippen LogP contribution in [0.5, 0.6) is 0 Å². The number of hydrogen-bond acceptors (Lipinski definition) is 0. The Morgan fingerprint density at radius 3 is 2.10 bits per heavy atom. The molecule has 0 bridgehead atoms. The summed E-state index contributed by atoms with van der Waals surface area (Å²) in [5.41, 5.74) is 2.41. The molecule has 1 aromatic rings. The number of halogens is 2. The largest absolute Gasteiger partial charge is 0.0922 e. The third kappa shape index (κ3) is 4.10. The van der Waals surface area contributed by atoms with E-state index in [0.717, 1.165) is 11.2 Å². The first-order valence-electron chi connectivity index (χ1n) is 7.65. The lowest BCUT2D eigenvalue weighted by Crippen LogP contribution is -2.35. The van der Waals surface area contributed by atoms with Crippen LogP contribution in [0.25, 0.3) is 0 Å². The second-order valence-corrected chi connectivity index (χ2v) is 9.05. The van der Waals surface area contributed by atoms with Crippen LogP contribution < -0.4 is 0 Å². The Balaban J connectivity index is 2.03. The topological polar surface area (TPSA) is 0 Å². The highest BCUT2D eigenvalue weighted by atomic mass is 79.9. The minimum absolute atomic E-state index is 0.468. The summed E-state index contributed by atoms with van der Waals surface area (Å²) in [6, 6.07) is 8.87. The zero-order chi connectivity index (χ0) is 14.8. The summed E-state index contributed by atoms with van der Waals surface area (Å²) < 4.78 is 1.17. The van der Waals surface area contributed by atoms with E-state index >= 15 is 0 Å². The van der Waals surface area contributed by atoms with Gasteiger partial charge >= 0.3 is 0 Å². The number of rotatable bonds is 3. The van der Waals surface area contributed by atoms with Crippen LogP contribution in [-0.4, -0.2) is 5.33 Å². The van der Waals surface area contributed by atoms with Crippen LogP contribution in [0.2, 0.25) is 0 Å². The summed E-state index contributed by atoms with van der Waals surface area (Å²) in [7, 11) is 0. The van der Waals surface area contributed by atoms with E-state index < -0.39 is 0 Å². The molecule has 2 rings (SSSR count). The molecule has 0 aromatic heterocycles.